The van der Waals surface area contributed by atoms with E-state index in [1.807, 2.05) is 26.2 Å². The Balaban J connectivity index is 2.18. The van der Waals surface area contributed by atoms with Gasteiger partial charge in [-0.1, -0.05) is 0 Å². The number of benzene rings is 1. The number of rotatable bonds is 3. The Labute approximate surface area is 107 Å². The first-order valence-corrected chi connectivity index (χ1v) is 6.00. The van der Waals surface area contributed by atoms with Gasteiger partial charge in [-0.05, 0) is 44.5 Å². The van der Waals surface area contributed by atoms with E-state index < -0.39 is 0 Å². The van der Waals surface area contributed by atoms with Gasteiger partial charge in [0.2, 0.25) is 0 Å². The van der Waals surface area contributed by atoms with Crippen molar-refractivity contribution in [2.75, 3.05) is 5.32 Å². The second-order valence-corrected chi connectivity index (χ2v) is 4.67. The number of nitrogens with one attached hydrogen (secondary N) is 1. The minimum Gasteiger partial charge on any atom is -0.378 e. The summed E-state index contributed by atoms with van der Waals surface area (Å²) >= 11 is 0. The molecule has 0 fully saturated rings. The number of aromatic nitrogens is 2. The van der Waals surface area contributed by atoms with Crippen molar-refractivity contribution in [1.29, 1.82) is 0 Å². The molecule has 1 atom stereocenters. The van der Waals surface area contributed by atoms with Gasteiger partial charge in [-0.2, -0.15) is 5.10 Å². The van der Waals surface area contributed by atoms with E-state index in [1.54, 1.807) is 17.7 Å². The van der Waals surface area contributed by atoms with E-state index in [9.17, 15) is 4.39 Å². The fourth-order valence-electron chi connectivity index (χ4n) is 2.11. The normalized spacial score (nSPS) is 12.5. The van der Waals surface area contributed by atoms with Crippen LogP contribution in [0.15, 0.2) is 24.4 Å². The Morgan fingerprint density at radius 3 is 2.61 bits per heavy atom. The third-order valence-electron chi connectivity index (χ3n) is 3.06. The van der Waals surface area contributed by atoms with Crippen molar-refractivity contribution in [2.24, 2.45) is 7.05 Å². The Kier molecular flexibility index (Phi) is 3.36. The van der Waals surface area contributed by atoms with Gasteiger partial charge in [0.15, 0.2) is 0 Å². The molecule has 0 aliphatic carbocycles. The molecule has 0 aliphatic rings. The summed E-state index contributed by atoms with van der Waals surface area (Å²) in [5, 5.41) is 7.68. The zero-order valence-electron chi connectivity index (χ0n) is 11.2. The summed E-state index contributed by atoms with van der Waals surface area (Å²) in [5.41, 5.74) is 3.73. The number of nitrogens with zero attached hydrogens (tertiary/aromatic N) is 2. The van der Waals surface area contributed by atoms with Crippen LogP contribution in [0.2, 0.25) is 0 Å². The van der Waals surface area contributed by atoms with Gasteiger partial charge < -0.3 is 5.32 Å². The van der Waals surface area contributed by atoms with E-state index in [4.69, 9.17) is 0 Å². The molecule has 0 saturated heterocycles. The van der Waals surface area contributed by atoms with Gasteiger partial charge in [0.05, 0.1) is 11.7 Å². The first-order chi connectivity index (χ1) is 8.47. The van der Waals surface area contributed by atoms with Crippen LogP contribution in [0.25, 0.3) is 0 Å². The maximum absolute atomic E-state index is 13.2. The topological polar surface area (TPSA) is 29.9 Å². The minimum atomic E-state index is -0.175. The third kappa shape index (κ3) is 2.53. The van der Waals surface area contributed by atoms with Crippen LogP contribution in [0.5, 0.6) is 0 Å². The molecule has 1 aromatic heterocycles. The molecule has 2 rings (SSSR count). The largest absolute Gasteiger partial charge is 0.378 e. The number of hydrogen-bond acceptors (Lipinski definition) is 2. The van der Waals surface area contributed by atoms with Crippen LogP contribution in [-0.4, -0.2) is 9.78 Å². The molecule has 1 unspecified atom stereocenters. The van der Waals surface area contributed by atoms with E-state index in [1.165, 1.54) is 6.07 Å². The van der Waals surface area contributed by atoms with Crippen molar-refractivity contribution >= 4 is 5.69 Å². The average molecular weight is 247 g/mol. The SMILES string of the molecule is Cc1cc(NC(C)c2cn(C)nc2C)ccc1F. The maximum Gasteiger partial charge on any atom is 0.126 e. The van der Waals surface area contributed by atoms with Crippen LogP contribution < -0.4 is 5.32 Å². The molecule has 0 bridgehead atoms. The molecule has 0 aliphatic heterocycles. The summed E-state index contributed by atoms with van der Waals surface area (Å²) in [6, 6.07) is 5.20. The highest BCUT2D eigenvalue weighted by atomic mass is 19.1. The van der Waals surface area contributed by atoms with Crippen LogP contribution in [0.4, 0.5) is 10.1 Å². The van der Waals surface area contributed by atoms with Gasteiger partial charge in [0, 0.05) is 24.5 Å². The molecule has 96 valence electrons. The van der Waals surface area contributed by atoms with Crippen LogP contribution in [-0.2, 0) is 7.05 Å². The van der Waals surface area contributed by atoms with E-state index in [0.717, 1.165) is 16.9 Å². The average Bonchev–Trinajstić information content (AvgIpc) is 2.63. The fourth-order valence-corrected chi connectivity index (χ4v) is 2.11. The molecule has 3 nitrogen and oxygen atoms in total. The standard InChI is InChI=1S/C14H18FN3/c1-9-7-12(5-6-14(9)15)16-10(2)13-8-18(4)17-11(13)3/h5-8,10,16H,1-4H3. The second-order valence-electron chi connectivity index (χ2n) is 4.67. The highest BCUT2D eigenvalue weighted by Crippen LogP contribution is 2.22. The van der Waals surface area contributed by atoms with Crippen molar-refractivity contribution < 1.29 is 4.39 Å². The first kappa shape index (κ1) is 12.6. The number of anilines is 1. The van der Waals surface area contributed by atoms with Crippen LogP contribution >= 0.6 is 0 Å². The van der Waals surface area contributed by atoms with Gasteiger partial charge in [-0.25, -0.2) is 4.39 Å². The lowest BCUT2D eigenvalue weighted by Gasteiger charge is -2.15. The predicted molar refractivity (Wildman–Crippen MR) is 71.1 cm³/mol. The van der Waals surface area contributed by atoms with Gasteiger partial charge in [0.1, 0.15) is 5.82 Å². The zero-order chi connectivity index (χ0) is 13.3. The fraction of sp³-hybridized carbons (Fsp3) is 0.357. The lowest BCUT2D eigenvalue weighted by atomic mass is 10.1. The van der Waals surface area contributed by atoms with Gasteiger partial charge in [-0.3, -0.25) is 4.68 Å². The number of hydrogen-bond donors (Lipinski definition) is 1. The summed E-state index contributed by atoms with van der Waals surface area (Å²) in [4.78, 5) is 0. The van der Waals surface area contributed by atoms with E-state index in [-0.39, 0.29) is 11.9 Å². The summed E-state index contributed by atoms with van der Waals surface area (Å²) in [6.07, 6.45) is 2.00. The molecular weight excluding hydrogens is 229 g/mol. The Hall–Kier alpha value is -1.84. The lowest BCUT2D eigenvalue weighted by molar-refractivity contribution is 0.618. The predicted octanol–water partition coefficient (Wildman–Crippen LogP) is 3.35. The lowest BCUT2D eigenvalue weighted by Crippen LogP contribution is -2.07. The molecule has 0 spiro atoms. The molecule has 4 heteroatoms. The van der Waals surface area contributed by atoms with Crippen LogP contribution in [0.3, 0.4) is 0 Å². The molecule has 0 saturated carbocycles. The maximum atomic E-state index is 13.2. The zero-order valence-corrected chi connectivity index (χ0v) is 11.2. The molecule has 1 heterocycles. The van der Waals surface area contributed by atoms with Crippen LogP contribution in [0.1, 0.15) is 29.8 Å². The van der Waals surface area contributed by atoms with Gasteiger partial charge >= 0.3 is 0 Å². The Bertz CT molecular complexity index is 560. The molecule has 0 amide bonds. The summed E-state index contributed by atoms with van der Waals surface area (Å²) < 4.78 is 15.0. The monoisotopic (exact) mass is 247 g/mol. The van der Waals surface area contributed by atoms with Gasteiger partial charge in [-0.15, -0.1) is 0 Å². The van der Waals surface area contributed by atoms with Crippen LogP contribution in [0, 0.1) is 19.7 Å². The second kappa shape index (κ2) is 4.80. The highest BCUT2D eigenvalue weighted by molar-refractivity contribution is 5.48. The Morgan fingerprint density at radius 1 is 1.33 bits per heavy atom. The first-order valence-electron chi connectivity index (χ1n) is 6.00. The number of halogens is 1. The molecule has 0 radical (unpaired) electrons. The van der Waals surface area contributed by atoms with E-state index in [0.29, 0.717) is 5.56 Å². The number of aryl methyl sites for hydroxylation is 3. The molecule has 1 aromatic carbocycles. The van der Waals surface area contributed by atoms with Crippen molar-refractivity contribution in [3.05, 3.63) is 47.0 Å². The van der Waals surface area contributed by atoms with Crippen molar-refractivity contribution in [3.8, 4) is 0 Å². The minimum absolute atomic E-state index is 0.142. The third-order valence-corrected chi connectivity index (χ3v) is 3.06. The van der Waals surface area contributed by atoms with Gasteiger partial charge in [0.25, 0.3) is 0 Å². The highest BCUT2D eigenvalue weighted by Gasteiger charge is 2.11. The Morgan fingerprint density at radius 2 is 2.06 bits per heavy atom. The summed E-state index contributed by atoms with van der Waals surface area (Å²) in [5.74, 6) is -0.175. The quantitative estimate of drug-likeness (QED) is 0.901. The summed E-state index contributed by atoms with van der Waals surface area (Å²) in [7, 11) is 1.91. The molecule has 1 N–H and O–H groups in total. The van der Waals surface area contributed by atoms with Crippen molar-refractivity contribution in [2.45, 2.75) is 26.8 Å². The summed E-state index contributed by atoms with van der Waals surface area (Å²) in [6.45, 7) is 5.83. The molecule has 18 heavy (non-hydrogen) atoms. The van der Waals surface area contributed by atoms with Crippen molar-refractivity contribution in [1.82, 2.24) is 9.78 Å². The van der Waals surface area contributed by atoms with E-state index >= 15 is 0 Å². The molecule has 2 aromatic rings. The smallest absolute Gasteiger partial charge is 0.126 e. The molecular formula is C14H18FN3. The van der Waals surface area contributed by atoms with E-state index in [2.05, 4.69) is 17.3 Å². The van der Waals surface area contributed by atoms with Crippen molar-refractivity contribution in [3.63, 3.8) is 0 Å².